The first-order valence-electron chi connectivity index (χ1n) is 7.70. The number of hydrogen-bond donors (Lipinski definition) is 1. The van der Waals surface area contributed by atoms with Crippen LogP contribution in [0.15, 0.2) is 18.3 Å². The molecule has 4 nitrogen and oxygen atoms in total. The van der Waals surface area contributed by atoms with Gasteiger partial charge < -0.3 is 15.1 Å². The van der Waals surface area contributed by atoms with Crippen LogP contribution in [0, 0.1) is 0 Å². The van der Waals surface area contributed by atoms with Crippen molar-refractivity contribution in [1.82, 2.24) is 15.2 Å². The van der Waals surface area contributed by atoms with Gasteiger partial charge in [-0.25, -0.2) is 4.98 Å². The van der Waals surface area contributed by atoms with Gasteiger partial charge in [0.25, 0.3) is 0 Å². The summed E-state index contributed by atoms with van der Waals surface area (Å²) in [5.74, 6) is 1.14. The smallest absolute Gasteiger partial charge is 0.133 e. The summed E-state index contributed by atoms with van der Waals surface area (Å²) in [5, 5.41) is 3.59. The second-order valence-corrected chi connectivity index (χ2v) is 6.04. The van der Waals surface area contributed by atoms with E-state index < -0.39 is 0 Å². The third kappa shape index (κ3) is 4.18. The molecule has 0 saturated heterocycles. The first kappa shape index (κ1) is 15.3. The van der Waals surface area contributed by atoms with Crippen LogP contribution < -0.4 is 10.2 Å². The van der Waals surface area contributed by atoms with Crippen LogP contribution in [0.4, 0.5) is 5.82 Å². The molecule has 1 fully saturated rings. The van der Waals surface area contributed by atoms with E-state index in [9.17, 15) is 0 Å². The Bertz CT molecular complexity index is 415. The number of hydrogen-bond acceptors (Lipinski definition) is 4. The van der Waals surface area contributed by atoms with Crippen LogP contribution in [0.25, 0.3) is 0 Å². The summed E-state index contributed by atoms with van der Waals surface area (Å²) in [6.45, 7) is 7.44. The van der Waals surface area contributed by atoms with Gasteiger partial charge in [-0.1, -0.05) is 6.07 Å². The standard InChI is InChI=1S/C16H28N4/c1-5-20(13(2)12-19(3)4)16-14(7-6-10-17-16)11-18-15-8-9-15/h6-7,10,13,15,18H,5,8-9,11-12H2,1-4H3. The van der Waals surface area contributed by atoms with Crippen molar-refractivity contribution in [3.63, 3.8) is 0 Å². The summed E-state index contributed by atoms with van der Waals surface area (Å²) in [6.07, 6.45) is 4.55. The fourth-order valence-electron chi connectivity index (χ4n) is 2.67. The average Bonchev–Trinajstić information content (AvgIpc) is 3.21. The maximum atomic E-state index is 4.64. The van der Waals surface area contributed by atoms with Crippen molar-refractivity contribution in [1.29, 1.82) is 0 Å². The SMILES string of the molecule is CCN(c1ncccc1CNC1CC1)C(C)CN(C)C. The molecule has 0 aromatic carbocycles. The zero-order valence-electron chi connectivity index (χ0n) is 13.3. The number of nitrogens with zero attached hydrogens (tertiary/aromatic N) is 3. The monoisotopic (exact) mass is 276 g/mol. The van der Waals surface area contributed by atoms with Gasteiger partial charge in [0.1, 0.15) is 5.82 Å². The van der Waals surface area contributed by atoms with Gasteiger partial charge in [-0.3, -0.25) is 0 Å². The fourth-order valence-corrected chi connectivity index (χ4v) is 2.67. The maximum Gasteiger partial charge on any atom is 0.133 e. The molecule has 1 heterocycles. The lowest BCUT2D eigenvalue weighted by atomic mass is 10.2. The minimum absolute atomic E-state index is 0.463. The zero-order valence-corrected chi connectivity index (χ0v) is 13.3. The highest BCUT2D eigenvalue weighted by atomic mass is 15.2. The molecule has 1 atom stereocenters. The van der Waals surface area contributed by atoms with Crippen LogP contribution >= 0.6 is 0 Å². The largest absolute Gasteiger partial charge is 0.353 e. The Labute approximate surface area is 123 Å². The third-order valence-electron chi connectivity index (χ3n) is 3.80. The van der Waals surface area contributed by atoms with E-state index in [1.165, 1.54) is 18.4 Å². The molecule has 20 heavy (non-hydrogen) atoms. The van der Waals surface area contributed by atoms with Crippen LogP contribution in [-0.2, 0) is 6.54 Å². The first-order valence-corrected chi connectivity index (χ1v) is 7.70. The molecule has 4 heteroatoms. The molecule has 1 aromatic rings. The van der Waals surface area contributed by atoms with Crippen LogP contribution in [0.5, 0.6) is 0 Å². The van der Waals surface area contributed by atoms with E-state index in [0.29, 0.717) is 6.04 Å². The van der Waals surface area contributed by atoms with E-state index in [2.05, 4.69) is 54.1 Å². The molecular formula is C16H28N4. The Morgan fingerprint density at radius 1 is 1.40 bits per heavy atom. The molecule has 112 valence electrons. The summed E-state index contributed by atoms with van der Waals surface area (Å²) in [6, 6.07) is 5.43. The molecule has 1 saturated carbocycles. The lowest BCUT2D eigenvalue weighted by Gasteiger charge is -2.32. The summed E-state index contributed by atoms with van der Waals surface area (Å²) in [4.78, 5) is 9.29. The predicted octanol–water partition coefficient (Wildman–Crippen LogP) is 2.11. The zero-order chi connectivity index (χ0) is 14.5. The summed E-state index contributed by atoms with van der Waals surface area (Å²) < 4.78 is 0. The van der Waals surface area contributed by atoms with Gasteiger partial charge in [0.05, 0.1) is 0 Å². The highest BCUT2D eigenvalue weighted by molar-refractivity contribution is 5.47. The molecule has 1 aliphatic carbocycles. The molecule has 0 amide bonds. The van der Waals surface area contributed by atoms with E-state index in [1.807, 2.05) is 12.3 Å². The van der Waals surface area contributed by atoms with Gasteiger partial charge in [-0.2, -0.15) is 0 Å². The Morgan fingerprint density at radius 3 is 2.75 bits per heavy atom. The normalized spacial score (nSPS) is 16.4. The fraction of sp³-hybridized carbons (Fsp3) is 0.688. The van der Waals surface area contributed by atoms with E-state index in [1.54, 1.807) is 0 Å². The molecule has 1 N–H and O–H groups in total. The van der Waals surface area contributed by atoms with Crippen molar-refractivity contribution < 1.29 is 0 Å². The van der Waals surface area contributed by atoms with Gasteiger partial charge >= 0.3 is 0 Å². The van der Waals surface area contributed by atoms with E-state index in [-0.39, 0.29) is 0 Å². The highest BCUT2D eigenvalue weighted by Gasteiger charge is 2.22. The number of anilines is 1. The Morgan fingerprint density at radius 2 is 2.15 bits per heavy atom. The molecule has 1 aromatic heterocycles. The van der Waals surface area contributed by atoms with Crippen LogP contribution in [-0.4, -0.2) is 49.2 Å². The highest BCUT2D eigenvalue weighted by Crippen LogP contribution is 2.23. The van der Waals surface area contributed by atoms with E-state index in [0.717, 1.165) is 31.5 Å². The minimum atomic E-state index is 0.463. The van der Waals surface area contributed by atoms with Crippen molar-refractivity contribution >= 4 is 5.82 Å². The lowest BCUT2D eigenvalue weighted by molar-refractivity contribution is 0.372. The summed E-state index contributed by atoms with van der Waals surface area (Å²) in [5.41, 5.74) is 1.31. The molecule has 1 aliphatic rings. The molecule has 2 rings (SSSR count). The van der Waals surface area contributed by atoms with Crippen molar-refractivity contribution in [2.45, 2.75) is 45.3 Å². The second kappa shape index (κ2) is 7.04. The average molecular weight is 276 g/mol. The van der Waals surface area contributed by atoms with Crippen molar-refractivity contribution in [3.8, 4) is 0 Å². The van der Waals surface area contributed by atoms with Crippen LogP contribution in [0.3, 0.4) is 0 Å². The Kier molecular flexibility index (Phi) is 5.38. The number of aromatic nitrogens is 1. The van der Waals surface area contributed by atoms with Crippen molar-refractivity contribution in [2.75, 3.05) is 32.1 Å². The second-order valence-electron chi connectivity index (χ2n) is 6.04. The quantitative estimate of drug-likeness (QED) is 0.788. The number of pyridine rings is 1. The molecule has 0 radical (unpaired) electrons. The van der Waals surface area contributed by atoms with Crippen molar-refractivity contribution in [2.24, 2.45) is 0 Å². The first-order chi connectivity index (χ1) is 9.61. The lowest BCUT2D eigenvalue weighted by Crippen LogP contribution is -2.41. The topological polar surface area (TPSA) is 31.4 Å². The number of rotatable bonds is 8. The Balaban J connectivity index is 2.10. The van der Waals surface area contributed by atoms with Gasteiger partial charge in [0, 0.05) is 43.5 Å². The van der Waals surface area contributed by atoms with Crippen LogP contribution in [0.1, 0.15) is 32.3 Å². The van der Waals surface area contributed by atoms with Gasteiger partial charge in [0.2, 0.25) is 0 Å². The molecule has 1 unspecified atom stereocenters. The minimum Gasteiger partial charge on any atom is -0.353 e. The molecule has 0 aliphatic heterocycles. The molecule has 0 spiro atoms. The summed E-state index contributed by atoms with van der Waals surface area (Å²) in [7, 11) is 4.25. The van der Waals surface area contributed by atoms with Crippen molar-refractivity contribution in [3.05, 3.63) is 23.9 Å². The number of likely N-dealkylation sites (N-methyl/N-ethyl adjacent to an activating group) is 2. The van der Waals surface area contributed by atoms with Gasteiger partial charge in [-0.15, -0.1) is 0 Å². The van der Waals surface area contributed by atoms with E-state index >= 15 is 0 Å². The number of nitrogens with one attached hydrogen (secondary N) is 1. The van der Waals surface area contributed by atoms with Gasteiger partial charge in [-0.05, 0) is 46.9 Å². The van der Waals surface area contributed by atoms with Gasteiger partial charge in [0.15, 0.2) is 0 Å². The summed E-state index contributed by atoms with van der Waals surface area (Å²) >= 11 is 0. The molecular weight excluding hydrogens is 248 g/mol. The molecule has 0 bridgehead atoms. The maximum absolute atomic E-state index is 4.64. The van der Waals surface area contributed by atoms with E-state index in [4.69, 9.17) is 0 Å². The third-order valence-corrected chi connectivity index (χ3v) is 3.80. The Hall–Kier alpha value is -1.13. The van der Waals surface area contributed by atoms with Crippen LogP contribution in [0.2, 0.25) is 0 Å². The predicted molar refractivity (Wildman–Crippen MR) is 85.1 cm³/mol.